The highest BCUT2D eigenvalue weighted by molar-refractivity contribution is 7.89. The summed E-state index contributed by atoms with van der Waals surface area (Å²) < 4.78 is 32.8. The second kappa shape index (κ2) is 5.72. The molecule has 3 aliphatic heterocycles. The van der Waals surface area contributed by atoms with E-state index in [4.69, 9.17) is 4.74 Å². The van der Waals surface area contributed by atoms with Gasteiger partial charge in [0.1, 0.15) is 5.75 Å². The summed E-state index contributed by atoms with van der Waals surface area (Å²) >= 11 is 0. The fourth-order valence-corrected chi connectivity index (χ4v) is 5.43. The van der Waals surface area contributed by atoms with Gasteiger partial charge in [-0.1, -0.05) is 0 Å². The SMILES string of the molecule is O=C1COc2ccc(S(=O)(=O)N3CCC4(CCCNC4)C3)cc2N1. The second-order valence-electron chi connectivity index (χ2n) is 6.86. The first kappa shape index (κ1) is 15.9. The van der Waals surface area contributed by atoms with Crippen LogP contribution in [0, 0.1) is 5.41 Å². The molecule has 1 aromatic rings. The summed E-state index contributed by atoms with van der Waals surface area (Å²) in [6, 6.07) is 4.65. The van der Waals surface area contributed by atoms with Crippen LogP contribution in [0.4, 0.5) is 5.69 Å². The van der Waals surface area contributed by atoms with E-state index in [2.05, 4.69) is 10.6 Å². The van der Waals surface area contributed by atoms with Gasteiger partial charge in [0.25, 0.3) is 5.91 Å². The molecule has 0 aromatic heterocycles. The van der Waals surface area contributed by atoms with Crippen LogP contribution >= 0.6 is 0 Å². The van der Waals surface area contributed by atoms with Crippen LogP contribution in [0.2, 0.25) is 0 Å². The maximum atomic E-state index is 13.0. The first-order valence-corrected chi connectivity index (χ1v) is 9.70. The summed E-state index contributed by atoms with van der Waals surface area (Å²) in [5.74, 6) is 0.230. The molecule has 2 N–H and O–H groups in total. The number of carbonyl (C=O) groups is 1. The Kier molecular flexibility index (Phi) is 3.78. The number of sulfonamides is 1. The number of piperidine rings is 1. The molecule has 3 aliphatic rings. The van der Waals surface area contributed by atoms with Crippen molar-refractivity contribution in [3.8, 4) is 5.75 Å². The van der Waals surface area contributed by atoms with Gasteiger partial charge in [-0.2, -0.15) is 4.31 Å². The molecular formula is C16H21N3O4S. The molecule has 0 radical (unpaired) electrons. The molecule has 7 nitrogen and oxygen atoms in total. The highest BCUT2D eigenvalue weighted by Crippen LogP contribution is 2.39. The lowest BCUT2D eigenvalue weighted by molar-refractivity contribution is -0.118. The molecule has 1 spiro atoms. The van der Waals surface area contributed by atoms with E-state index in [-0.39, 0.29) is 22.8 Å². The van der Waals surface area contributed by atoms with Crippen molar-refractivity contribution in [1.82, 2.24) is 9.62 Å². The zero-order chi connectivity index (χ0) is 16.8. The molecule has 4 rings (SSSR count). The quantitative estimate of drug-likeness (QED) is 0.822. The lowest BCUT2D eigenvalue weighted by atomic mass is 9.80. The molecule has 24 heavy (non-hydrogen) atoms. The minimum Gasteiger partial charge on any atom is -0.482 e. The Morgan fingerprint density at radius 1 is 1.25 bits per heavy atom. The number of benzene rings is 1. The topological polar surface area (TPSA) is 87.7 Å². The standard InChI is InChI=1S/C16H21N3O4S/c20-15-9-23-14-3-2-12(8-13(14)18-15)24(21,22)19-7-5-16(11-19)4-1-6-17-10-16/h2-3,8,17H,1,4-7,9-11H2,(H,18,20). The Morgan fingerprint density at radius 2 is 2.12 bits per heavy atom. The predicted octanol–water partition coefficient (Wildman–Crippen LogP) is 0.782. The van der Waals surface area contributed by atoms with Crippen molar-refractivity contribution >= 4 is 21.6 Å². The minimum absolute atomic E-state index is 0.0409. The van der Waals surface area contributed by atoms with Gasteiger partial charge in [0, 0.05) is 19.6 Å². The lowest BCUT2D eigenvalue weighted by Crippen LogP contribution is -2.42. The van der Waals surface area contributed by atoms with E-state index in [0.29, 0.717) is 24.5 Å². The molecule has 1 amide bonds. The van der Waals surface area contributed by atoms with E-state index in [9.17, 15) is 13.2 Å². The van der Waals surface area contributed by atoms with E-state index in [1.54, 1.807) is 16.4 Å². The third kappa shape index (κ3) is 2.68. The first-order valence-electron chi connectivity index (χ1n) is 8.26. The van der Waals surface area contributed by atoms with Crippen LogP contribution in [-0.4, -0.2) is 51.4 Å². The van der Waals surface area contributed by atoms with Crippen molar-refractivity contribution < 1.29 is 17.9 Å². The number of fused-ring (bicyclic) bond motifs is 1. The summed E-state index contributed by atoms with van der Waals surface area (Å²) in [5.41, 5.74) is 0.484. The van der Waals surface area contributed by atoms with Crippen LogP contribution in [0.3, 0.4) is 0 Å². The first-order chi connectivity index (χ1) is 11.5. The molecule has 3 heterocycles. The summed E-state index contributed by atoms with van der Waals surface area (Å²) in [6.45, 7) is 2.96. The van der Waals surface area contributed by atoms with E-state index < -0.39 is 10.0 Å². The van der Waals surface area contributed by atoms with Crippen molar-refractivity contribution in [1.29, 1.82) is 0 Å². The fourth-order valence-electron chi connectivity index (χ4n) is 3.85. The number of carbonyl (C=O) groups excluding carboxylic acids is 1. The number of anilines is 1. The van der Waals surface area contributed by atoms with Crippen LogP contribution < -0.4 is 15.4 Å². The molecule has 2 saturated heterocycles. The number of hydrogen-bond donors (Lipinski definition) is 2. The van der Waals surface area contributed by atoms with Gasteiger partial charge in [0.15, 0.2) is 6.61 Å². The van der Waals surface area contributed by atoms with Gasteiger partial charge < -0.3 is 15.4 Å². The summed E-state index contributed by atoms with van der Waals surface area (Å²) in [6.07, 6.45) is 3.06. The van der Waals surface area contributed by atoms with Crippen molar-refractivity contribution in [3.63, 3.8) is 0 Å². The molecule has 1 unspecified atom stereocenters. The summed E-state index contributed by atoms with van der Waals surface area (Å²) in [4.78, 5) is 11.6. The molecule has 0 aliphatic carbocycles. The highest BCUT2D eigenvalue weighted by atomic mass is 32.2. The second-order valence-corrected chi connectivity index (χ2v) is 8.80. The smallest absolute Gasteiger partial charge is 0.262 e. The van der Waals surface area contributed by atoms with Gasteiger partial charge in [-0.3, -0.25) is 4.79 Å². The Morgan fingerprint density at radius 3 is 2.92 bits per heavy atom. The van der Waals surface area contributed by atoms with Crippen LogP contribution in [0.25, 0.3) is 0 Å². The van der Waals surface area contributed by atoms with Crippen molar-refractivity contribution in [2.75, 3.05) is 38.1 Å². The number of nitrogens with one attached hydrogen (secondary N) is 2. The molecule has 1 atom stereocenters. The van der Waals surface area contributed by atoms with Crippen molar-refractivity contribution in [2.45, 2.75) is 24.2 Å². The van der Waals surface area contributed by atoms with Gasteiger partial charge in [-0.15, -0.1) is 0 Å². The molecule has 0 saturated carbocycles. The van der Waals surface area contributed by atoms with Gasteiger partial charge in [-0.05, 0) is 49.4 Å². The monoisotopic (exact) mass is 351 g/mol. The Hall–Kier alpha value is -1.64. The summed E-state index contributed by atoms with van der Waals surface area (Å²) in [7, 11) is -3.57. The van der Waals surface area contributed by atoms with Crippen LogP contribution in [0.1, 0.15) is 19.3 Å². The predicted molar refractivity (Wildman–Crippen MR) is 88.5 cm³/mol. The van der Waals surface area contributed by atoms with E-state index in [1.165, 1.54) is 6.07 Å². The van der Waals surface area contributed by atoms with Gasteiger partial charge in [0.2, 0.25) is 10.0 Å². The van der Waals surface area contributed by atoms with Crippen LogP contribution in [0.5, 0.6) is 5.75 Å². The minimum atomic E-state index is -3.57. The lowest BCUT2D eigenvalue weighted by Gasteiger charge is -2.33. The average molecular weight is 351 g/mol. The molecule has 0 bridgehead atoms. The Balaban J connectivity index is 1.59. The van der Waals surface area contributed by atoms with Gasteiger partial charge in [0.05, 0.1) is 10.6 Å². The van der Waals surface area contributed by atoms with Crippen LogP contribution in [-0.2, 0) is 14.8 Å². The molecule has 2 fully saturated rings. The van der Waals surface area contributed by atoms with Crippen LogP contribution in [0.15, 0.2) is 23.1 Å². The third-order valence-corrected chi connectivity index (χ3v) is 7.03. The van der Waals surface area contributed by atoms with E-state index >= 15 is 0 Å². The third-order valence-electron chi connectivity index (χ3n) is 5.19. The number of rotatable bonds is 2. The molecule has 8 heteroatoms. The largest absolute Gasteiger partial charge is 0.482 e. The number of nitrogens with zero attached hydrogens (tertiary/aromatic N) is 1. The Bertz CT molecular complexity index is 772. The molecule has 130 valence electrons. The van der Waals surface area contributed by atoms with E-state index in [1.807, 2.05) is 0 Å². The number of amides is 1. The zero-order valence-corrected chi connectivity index (χ0v) is 14.2. The van der Waals surface area contributed by atoms with E-state index in [0.717, 1.165) is 32.4 Å². The maximum absolute atomic E-state index is 13.0. The number of hydrogen-bond acceptors (Lipinski definition) is 5. The highest BCUT2D eigenvalue weighted by Gasteiger charge is 2.43. The average Bonchev–Trinajstić information content (AvgIpc) is 2.99. The maximum Gasteiger partial charge on any atom is 0.262 e. The zero-order valence-electron chi connectivity index (χ0n) is 13.4. The molecular weight excluding hydrogens is 330 g/mol. The number of ether oxygens (including phenoxy) is 1. The fraction of sp³-hybridized carbons (Fsp3) is 0.562. The van der Waals surface area contributed by atoms with Crippen molar-refractivity contribution in [3.05, 3.63) is 18.2 Å². The summed E-state index contributed by atoms with van der Waals surface area (Å²) in [5, 5.41) is 6.05. The normalized spacial score (nSPS) is 27.6. The van der Waals surface area contributed by atoms with Gasteiger partial charge in [-0.25, -0.2) is 8.42 Å². The Labute approximate surface area is 141 Å². The van der Waals surface area contributed by atoms with Crippen molar-refractivity contribution in [2.24, 2.45) is 5.41 Å². The van der Waals surface area contributed by atoms with Gasteiger partial charge >= 0.3 is 0 Å². The molecule has 1 aromatic carbocycles.